The van der Waals surface area contributed by atoms with Gasteiger partial charge in [-0.25, -0.2) is 14.1 Å². The van der Waals surface area contributed by atoms with Gasteiger partial charge in [-0.2, -0.15) is 23.4 Å². The van der Waals surface area contributed by atoms with Crippen LogP contribution in [-0.4, -0.2) is 90.1 Å². The zero-order valence-electron chi connectivity index (χ0n) is 19.5. The van der Waals surface area contributed by atoms with Gasteiger partial charge in [0.1, 0.15) is 17.8 Å². The number of nitrogens with one attached hydrogen (secondary N) is 1. The summed E-state index contributed by atoms with van der Waals surface area (Å²) in [5.74, 6) is -3.44. The van der Waals surface area contributed by atoms with E-state index in [1.54, 1.807) is 0 Å². The van der Waals surface area contributed by atoms with Crippen LogP contribution in [0, 0.1) is 0 Å². The average molecular weight is 573 g/mol. The molecular weight excluding hydrogens is 548 g/mol. The second-order valence-electron chi connectivity index (χ2n) is 8.54. The molecule has 18 nitrogen and oxygen atoms in total. The van der Waals surface area contributed by atoms with Crippen molar-refractivity contribution in [3.05, 3.63) is 23.0 Å². The van der Waals surface area contributed by atoms with E-state index in [0.717, 1.165) is 16.1 Å². The number of nitrogens with zero attached hydrogens (tertiary/aromatic N) is 6. The Kier molecular flexibility index (Phi) is 7.34. The molecule has 0 spiro atoms. The molecule has 2 aliphatic rings. The molecule has 0 radical (unpaired) electrons. The smallest absolute Gasteiger partial charge is 0.362 e. The monoisotopic (exact) mass is 572 g/mol. The molecule has 3 heterocycles. The number of nitrogens with two attached hydrogens (primary N) is 3. The summed E-state index contributed by atoms with van der Waals surface area (Å²) in [7, 11) is -5.00. The number of hydrogen-bond acceptors (Lipinski definition) is 14. The van der Waals surface area contributed by atoms with Crippen LogP contribution in [0.2, 0.25) is 0 Å². The van der Waals surface area contributed by atoms with Gasteiger partial charge >= 0.3 is 16.3 Å². The number of amides is 2. The van der Waals surface area contributed by atoms with Crippen LogP contribution in [0.1, 0.15) is 36.7 Å². The first kappa shape index (κ1) is 27.3. The maximum absolute atomic E-state index is 13.1. The van der Waals surface area contributed by atoms with E-state index in [1.807, 2.05) is 0 Å². The Balaban J connectivity index is 1.57. The minimum absolute atomic E-state index is 0.0616. The van der Waals surface area contributed by atoms with E-state index in [0.29, 0.717) is 18.7 Å². The quantitative estimate of drug-likeness (QED) is 0.0648. The third kappa shape index (κ3) is 5.43. The number of anilines is 1. The molecule has 20 heteroatoms. The molecule has 1 aliphatic heterocycles. The Bertz CT molecular complexity index is 1380. The molecule has 2 aromatic heterocycles. The number of hydrogen-bond donors (Lipinski definition) is 6. The van der Waals surface area contributed by atoms with Crippen LogP contribution in [0.4, 0.5) is 5.13 Å². The molecule has 9 N–H and O–H groups in total. The number of carbonyl (C=O) groups excluding carboxylic acids is 2. The lowest BCUT2D eigenvalue weighted by molar-refractivity contribution is -0.153. The largest absolute Gasteiger partial charge is 0.478 e. The molecular formula is C18H24N10O8S2. The molecule has 3 atom stereocenters. The fraction of sp³-hybridized carbons (Fsp3) is 0.500. The van der Waals surface area contributed by atoms with E-state index < -0.39 is 57.5 Å². The highest BCUT2D eigenvalue weighted by atomic mass is 32.2. The molecule has 38 heavy (non-hydrogen) atoms. The van der Waals surface area contributed by atoms with Gasteiger partial charge in [-0.3, -0.25) is 14.1 Å². The Labute approximate surface area is 218 Å². The summed E-state index contributed by atoms with van der Waals surface area (Å²) in [6, 6.07) is -3.33. The fourth-order valence-electron chi connectivity index (χ4n) is 3.61. The zero-order chi connectivity index (χ0) is 27.8. The summed E-state index contributed by atoms with van der Waals surface area (Å²) in [6.45, 7) is -0.0534. The average Bonchev–Trinajstić information content (AvgIpc) is 3.27. The normalized spacial score (nSPS) is 21.5. The summed E-state index contributed by atoms with van der Waals surface area (Å²) < 4.78 is 33.4. The Morgan fingerprint density at radius 1 is 1.39 bits per heavy atom. The van der Waals surface area contributed by atoms with E-state index in [4.69, 9.17) is 22.0 Å². The summed E-state index contributed by atoms with van der Waals surface area (Å²) >= 11 is 0.967. The van der Waals surface area contributed by atoms with Crippen molar-refractivity contribution in [2.24, 2.45) is 16.6 Å². The van der Waals surface area contributed by atoms with Gasteiger partial charge in [0.25, 0.3) is 11.8 Å². The highest BCUT2D eigenvalue weighted by Crippen LogP contribution is 2.40. The number of thiazole rings is 1. The Hall–Kier alpha value is -3.72. The first-order chi connectivity index (χ1) is 17.9. The van der Waals surface area contributed by atoms with Crippen LogP contribution < -0.4 is 22.5 Å². The van der Waals surface area contributed by atoms with Crippen molar-refractivity contribution < 1.29 is 37.3 Å². The lowest BCUT2D eigenvalue weighted by Gasteiger charge is -2.43. The number of rotatable bonds is 12. The maximum Gasteiger partial charge on any atom is 0.362 e. The highest BCUT2D eigenvalue weighted by molar-refractivity contribution is 7.84. The van der Waals surface area contributed by atoms with E-state index >= 15 is 0 Å². The molecule has 2 fully saturated rings. The molecule has 1 saturated heterocycles. The molecule has 206 valence electrons. The predicted octanol–water partition coefficient (Wildman–Crippen LogP) is -2.80. The van der Waals surface area contributed by atoms with Crippen molar-refractivity contribution in [3.63, 3.8) is 0 Å². The van der Waals surface area contributed by atoms with Crippen LogP contribution in [-0.2, 0) is 36.1 Å². The Morgan fingerprint density at radius 2 is 2.11 bits per heavy atom. The number of nitrogen functional groups attached to an aromatic ring is 1. The number of carbonyl (C=O) groups is 3. The van der Waals surface area contributed by atoms with Gasteiger partial charge in [-0.1, -0.05) is 5.16 Å². The summed E-state index contributed by atoms with van der Waals surface area (Å²) in [6.07, 6.45) is 2.09. The van der Waals surface area contributed by atoms with Crippen molar-refractivity contribution >= 4 is 50.3 Å². The van der Waals surface area contributed by atoms with Crippen LogP contribution in [0.25, 0.3) is 0 Å². The van der Waals surface area contributed by atoms with Gasteiger partial charge < -0.3 is 32.5 Å². The highest BCUT2D eigenvalue weighted by Gasteiger charge is 2.56. The van der Waals surface area contributed by atoms with E-state index in [-0.39, 0.29) is 34.5 Å². The van der Waals surface area contributed by atoms with Crippen molar-refractivity contribution in [2.75, 3.05) is 12.3 Å². The summed E-state index contributed by atoms with van der Waals surface area (Å²) in [4.78, 5) is 47.3. The molecule has 0 aromatic carbocycles. The van der Waals surface area contributed by atoms with Crippen molar-refractivity contribution in [3.8, 4) is 0 Å². The molecule has 4 rings (SSSR count). The topological polar surface area (TPSA) is 284 Å². The van der Waals surface area contributed by atoms with Gasteiger partial charge in [0.15, 0.2) is 10.8 Å². The van der Waals surface area contributed by atoms with E-state index in [2.05, 4.69) is 25.7 Å². The van der Waals surface area contributed by atoms with Gasteiger partial charge in [0.2, 0.25) is 5.60 Å². The Morgan fingerprint density at radius 3 is 2.66 bits per heavy atom. The van der Waals surface area contributed by atoms with E-state index in [1.165, 1.54) is 11.6 Å². The molecule has 0 bridgehead atoms. The van der Waals surface area contributed by atoms with Gasteiger partial charge in [-0.15, -0.1) is 11.3 Å². The third-order valence-corrected chi connectivity index (χ3v) is 7.47. The fourth-order valence-corrected chi connectivity index (χ4v) is 5.02. The molecule has 1 unspecified atom stereocenters. The molecule has 2 amide bonds. The second kappa shape index (κ2) is 10.2. The first-order valence-corrected chi connectivity index (χ1v) is 13.3. The van der Waals surface area contributed by atoms with Gasteiger partial charge in [0, 0.05) is 18.2 Å². The SMILES string of the molecule is NCCC(N)c1cnn(C[C@@H]2[C@H](NC(=O)/C(=N\OC3(C(=O)O)CC3)c3csc(N)n3)C(=O)N2S(=O)(=O)O)n1. The van der Waals surface area contributed by atoms with E-state index in [9.17, 15) is 32.5 Å². The lowest BCUT2D eigenvalue weighted by atomic mass is 9.98. The number of carboxylic acids is 1. The van der Waals surface area contributed by atoms with Crippen molar-refractivity contribution in [2.45, 2.75) is 49.5 Å². The zero-order valence-corrected chi connectivity index (χ0v) is 21.1. The third-order valence-electron chi connectivity index (χ3n) is 5.85. The van der Waals surface area contributed by atoms with Crippen molar-refractivity contribution in [1.82, 2.24) is 29.6 Å². The number of β-lactam (4-membered cyclic amide) rings is 1. The first-order valence-electron chi connectivity index (χ1n) is 11.0. The van der Waals surface area contributed by atoms with Crippen LogP contribution >= 0.6 is 11.3 Å². The van der Waals surface area contributed by atoms with Gasteiger partial charge in [-0.05, 0) is 13.0 Å². The number of oxime groups is 1. The summed E-state index contributed by atoms with van der Waals surface area (Å²) in [5.41, 5.74) is 15.3. The molecule has 1 aliphatic carbocycles. The van der Waals surface area contributed by atoms with Crippen LogP contribution in [0.5, 0.6) is 0 Å². The molecule has 2 aromatic rings. The van der Waals surface area contributed by atoms with Crippen LogP contribution in [0.3, 0.4) is 0 Å². The summed E-state index contributed by atoms with van der Waals surface area (Å²) in [5, 5.41) is 24.9. The number of aromatic nitrogens is 4. The van der Waals surface area contributed by atoms with Gasteiger partial charge in [0.05, 0.1) is 24.5 Å². The maximum atomic E-state index is 13.1. The number of carboxylic acid groups (broad SMARTS) is 1. The molecule has 1 saturated carbocycles. The second-order valence-corrected chi connectivity index (χ2v) is 10.7. The van der Waals surface area contributed by atoms with Crippen molar-refractivity contribution in [1.29, 1.82) is 0 Å². The number of aliphatic carboxylic acids is 1. The minimum Gasteiger partial charge on any atom is -0.478 e. The van der Waals surface area contributed by atoms with Crippen LogP contribution in [0.15, 0.2) is 16.7 Å². The predicted molar refractivity (Wildman–Crippen MR) is 128 cm³/mol. The minimum atomic E-state index is -5.00. The standard InChI is InChI=1S/C18H24N10O8S2/c19-4-1-8(20)9-5-22-27(25-9)6-11-13(15(30)28(11)38(33,34)35)24-14(29)12(10-7-37-17(21)23-10)26-36-18(2-3-18)16(31)32/h5,7-8,11,13H,1-4,6,19-20H2,(H2,21,23)(H,24,29)(H,31,32)(H,33,34,35)/b26-12-/t8?,11-,13+/m1/s1. The lowest BCUT2D eigenvalue weighted by Crippen LogP contribution is -2.73.